The van der Waals surface area contributed by atoms with Crippen LogP contribution < -0.4 is 43.8 Å². The van der Waals surface area contributed by atoms with E-state index in [2.05, 4.69) is 31.6 Å². The average Bonchev–Trinajstić information content (AvgIpc) is 3.65. The lowest BCUT2D eigenvalue weighted by atomic mass is 9.96. The number of rotatable bonds is 14. The minimum atomic E-state index is -1.17. The predicted molar refractivity (Wildman–Crippen MR) is 208 cm³/mol. The molecule has 6 atom stereocenters. The molecule has 6 amide bonds. The molecule has 304 valence electrons. The number of carbonyl (C=O) groups is 6. The molecule has 1 fully saturated rings. The Hall–Kier alpha value is -5.19. The van der Waals surface area contributed by atoms with E-state index < -0.39 is 59.7 Å². The summed E-state index contributed by atoms with van der Waals surface area (Å²) in [6, 6.07) is 2.03. The summed E-state index contributed by atoms with van der Waals surface area (Å²) >= 11 is 0. The second-order valence-electron chi connectivity index (χ2n) is 14.3. The number of amides is 6. The summed E-state index contributed by atoms with van der Waals surface area (Å²) in [6.07, 6.45) is 7.28. The second-order valence-corrected chi connectivity index (χ2v) is 14.3. The molecular weight excluding hydrogens is 708 g/mol. The maximum Gasteiger partial charge on any atom is 0.247 e. The lowest BCUT2D eigenvalue weighted by Crippen LogP contribution is -2.57. The maximum absolute atomic E-state index is 14.1. The first kappa shape index (κ1) is 44.2. The number of guanidine groups is 1. The third-order valence-corrected chi connectivity index (χ3v) is 9.85. The molecule has 0 spiro atoms. The van der Waals surface area contributed by atoms with Gasteiger partial charge in [-0.2, -0.15) is 0 Å². The lowest BCUT2D eigenvalue weighted by Gasteiger charge is -2.30. The SMILES string of the molecule is CC[C@H](C)[C@H]1NC(=O)C[C@H](CCCN=C(N)N)NC(=O)[C@@H]2CCCN2C(=O)[C@@H](NC(=O)CCCCCN)CNC(=O)/C=C/[C@H](Cc2ccc(O)cc2)NC1=O. The number of carbonyl (C=O) groups excluding carboxylic acids is 6. The van der Waals surface area contributed by atoms with E-state index >= 15 is 0 Å². The standard InChI is InChI=1S/C38H60N10O7/c1-3-24(2)34-36(54)45-27(21-25-12-15-28(49)16-13-25)14-17-31(50)43-23-29(46-32(51)11-5-4-6-18-39)37(55)48-20-8-10-30(48)35(53)44-26(22-33(52)47-34)9-7-19-42-38(40)41/h12-17,24,26-27,29-30,34,49H,3-11,18-23,39H2,1-2H3,(H,43,50)(H,44,53)(H,45,54)(H,46,51)(H,47,52)(H4,40,41,42)/b17-14+/t24-,26-,27+,29-,30-,34+/m0/s1. The van der Waals surface area contributed by atoms with Gasteiger partial charge in [-0.15, -0.1) is 0 Å². The average molecular weight is 769 g/mol. The largest absolute Gasteiger partial charge is 0.508 e. The highest BCUT2D eigenvalue weighted by molar-refractivity contribution is 5.94. The number of hydrogen-bond donors (Lipinski definition) is 9. The van der Waals surface area contributed by atoms with Crippen molar-refractivity contribution in [1.82, 2.24) is 31.5 Å². The summed E-state index contributed by atoms with van der Waals surface area (Å²) in [5.41, 5.74) is 17.3. The van der Waals surface area contributed by atoms with Crippen molar-refractivity contribution in [2.45, 2.75) is 115 Å². The lowest BCUT2D eigenvalue weighted by molar-refractivity contribution is -0.141. The van der Waals surface area contributed by atoms with Crippen molar-refractivity contribution < 1.29 is 33.9 Å². The Kier molecular flexibility index (Phi) is 18.4. The molecule has 1 saturated heterocycles. The van der Waals surface area contributed by atoms with Gasteiger partial charge in [-0.25, -0.2) is 0 Å². The van der Waals surface area contributed by atoms with Gasteiger partial charge in [0, 0.05) is 44.6 Å². The van der Waals surface area contributed by atoms with Crippen molar-refractivity contribution in [3.8, 4) is 5.75 Å². The number of phenols is 1. The number of nitrogens with zero attached hydrogens (tertiary/aromatic N) is 2. The van der Waals surface area contributed by atoms with E-state index in [1.54, 1.807) is 12.1 Å². The number of unbranched alkanes of at least 4 members (excludes halogenated alkanes) is 2. The van der Waals surface area contributed by atoms with Gasteiger partial charge in [0.05, 0.1) is 6.04 Å². The van der Waals surface area contributed by atoms with Crippen LogP contribution in [0.25, 0.3) is 0 Å². The molecule has 0 aliphatic carbocycles. The van der Waals surface area contributed by atoms with Crippen LogP contribution in [0, 0.1) is 5.92 Å². The number of aromatic hydroxyl groups is 1. The van der Waals surface area contributed by atoms with Gasteiger partial charge in [0.15, 0.2) is 5.96 Å². The Morgan fingerprint density at radius 3 is 2.45 bits per heavy atom. The van der Waals surface area contributed by atoms with E-state index in [1.165, 1.54) is 29.2 Å². The van der Waals surface area contributed by atoms with Crippen molar-refractivity contribution in [1.29, 1.82) is 0 Å². The summed E-state index contributed by atoms with van der Waals surface area (Å²) in [7, 11) is 0. The van der Waals surface area contributed by atoms with Crippen LogP contribution in [0.15, 0.2) is 41.4 Å². The maximum atomic E-state index is 14.1. The Morgan fingerprint density at radius 2 is 1.76 bits per heavy atom. The normalized spacial score (nSPS) is 24.1. The van der Waals surface area contributed by atoms with E-state index in [1.807, 2.05) is 13.8 Å². The van der Waals surface area contributed by atoms with Crippen LogP contribution in [0.5, 0.6) is 5.75 Å². The number of nitrogens with two attached hydrogens (primary N) is 3. The predicted octanol–water partition coefficient (Wildman–Crippen LogP) is -0.440. The molecule has 55 heavy (non-hydrogen) atoms. The monoisotopic (exact) mass is 768 g/mol. The Bertz CT molecular complexity index is 1520. The van der Waals surface area contributed by atoms with Crippen molar-refractivity contribution >= 4 is 41.4 Å². The van der Waals surface area contributed by atoms with Crippen LogP contribution in [-0.2, 0) is 35.2 Å². The molecule has 0 bridgehead atoms. The fourth-order valence-electron chi connectivity index (χ4n) is 6.59. The van der Waals surface area contributed by atoms with Gasteiger partial charge >= 0.3 is 0 Å². The van der Waals surface area contributed by atoms with Gasteiger partial charge < -0.3 is 53.8 Å². The van der Waals surface area contributed by atoms with Crippen LogP contribution in [-0.4, -0.2) is 108 Å². The highest BCUT2D eigenvalue weighted by Gasteiger charge is 2.39. The van der Waals surface area contributed by atoms with Crippen molar-refractivity contribution in [2.75, 3.05) is 26.2 Å². The van der Waals surface area contributed by atoms with Gasteiger partial charge in [-0.05, 0) is 75.1 Å². The van der Waals surface area contributed by atoms with E-state index in [9.17, 15) is 33.9 Å². The first-order valence-corrected chi connectivity index (χ1v) is 19.3. The van der Waals surface area contributed by atoms with E-state index in [0.717, 1.165) is 18.4 Å². The molecule has 0 aromatic heterocycles. The molecular formula is C38H60N10O7. The molecule has 0 radical (unpaired) electrons. The second kappa shape index (κ2) is 22.9. The third kappa shape index (κ3) is 15.2. The molecule has 2 aliphatic heterocycles. The van der Waals surface area contributed by atoms with Gasteiger partial charge in [-0.1, -0.05) is 44.9 Å². The molecule has 17 heteroatoms. The molecule has 3 rings (SSSR count). The van der Waals surface area contributed by atoms with Gasteiger partial charge in [-0.3, -0.25) is 33.8 Å². The molecule has 1 aromatic rings. The number of fused-ring (bicyclic) bond motifs is 1. The number of nitrogens with one attached hydrogen (secondary N) is 5. The van der Waals surface area contributed by atoms with Crippen molar-refractivity contribution in [3.05, 3.63) is 42.0 Å². The number of phenolic OH excluding ortho intramolecular Hbond substituents is 1. The quantitative estimate of drug-likeness (QED) is 0.0669. The van der Waals surface area contributed by atoms with E-state index in [0.29, 0.717) is 45.1 Å². The first-order chi connectivity index (χ1) is 26.3. The molecule has 0 unspecified atom stereocenters. The van der Waals surface area contributed by atoms with Crippen LogP contribution >= 0.6 is 0 Å². The summed E-state index contributed by atoms with van der Waals surface area (Å²) in [5, 5.41) is 24.0. The van der Waals surface area contributed by atoms with Crippen LogP contribution in [0.4, 0.5) is 0 Å². The van der Waals surface area contributed by atoms with Crippen molar-refractivity contribution in [2.24, 2.45) is 28.1 Å². The smallest absolute Gasteiger partial charge is 0.247 e. The summed E-state index contributed by atoms with van der Waals surface area (Å²) in [6.45, 7) is 4.51. The molecule has 2 heterocycles. The molecule has 1 aromatic carbocycles. The highest BCUT2D eigenvalue weighted by atomic mass is 16.3. The zero-order valence-corrected chi connectivity index (χ0v) is 32.1. The van der Waals surface area contributed by atoms with Gasteiger partial charge in [0.25, 0.3) is 0 Å². The molecule has 17 nitrogen and oxygen atoms in total. The van der Waals surface area contributed by atoms with Crippen LogP contribution in [0.2, 0.25) is 0 Å². The topological polar surface area (TPSA) is 276 Å². The zero-order valence-electron chi connectivity index (χ0n) is 32.1. The Balaban J connectivity index is 1.98. The van der Waals surface area contributed by atoms with Gasteiger partial charge in [0.2, 0.25) is 35.4 Å². The fraction of sp³-hybridized carbons (Fsp3) is 0.605. The minimum Gasteiger partial charge on any atom is -0.508 e. The third-order valence-electron chi connectivity index (χ3n) is 9.85. The Labute approximate surface area is 323 Å². The minimum absolute atomic E-state index is 0.0699. The van der Waals surface area contributed by atoms with E-state index in [4.69, 9.17) is 17.2 Å². The summed E-state index contributed by atoms with van der Waals surface area (Å²) in [4.78, 5) is 87.0. The fourth-order valence-corrected chi connectivity index (χ4v) is 6.59. The van der Waals surface area contributed by atoms with Crippen molar-refractivity contribution in [3.63, 3.8) is 0 Å². The zero-order chi connectivity index (χ0) is 40.3. The number of aliphatic imine (C=N–C) groups is 1. The first-order valence-electron chi connectivity index (χ1n) is 19.3. The summed E-state index contributed by atoms with van der Waals surface area (Å²) < 4.78 is 0. The van der Waals surface area contributed by atoms with Gasteiger partial charge in [0.1, 0.15) is 23.9 Å². The number of benzene rings is 1. The summed E-state index contributed by atoms with van der Waals surface area (Å²) in [5.74, 6) is -3.17. The molecule has 12 N–H and O–H groups in total. The Morgan fingerprint density at radius 1 is 1.02 bits per heavy atom. The molecule has 0 saturated carbocycles. The highest BCUT2D eigenvalue weighted by Crippen LogP contribution is 2.20. The number of hydrogen-bond acceptors (Lipinski definition) is 9. The molecule has 2 aliphatic rings. The van der Waals surface area contributed by atoms with E-state index in [-0.39, 0.29) is 62.4 Å². The van der Waals surface area contributed by atoms with Crippen LogP contribution in [0.3, 0.4) is 0 Å². The van der Waals surface area contributed by atoms with Crippen LogP contribution in [0.1, 0.15) is 83.6 Å².